The quantitative estimate of drug-likeness (QED) is 0.614. The molecule has 0 spiro atoms. The number of rotatable bonds is 7. The Morgan fingerprint density at radius 2 is 1.69 bits per heavy atom. The fourth-order valence-electron chi connectivity index (χ4n) is 2.69. The highest BCUT2D eigenvalue weighted by Crippen LogP contribution is 2.17. The summed E-state index contributed by atoms with van der Waals surface area (Å²) in [5.41, 5.74) is 4.11. The first kappa shape index (κ1) is 17.6. The van der Waals surface area contributed by atoms with Crippen LogP contribution in [0.15, 0.2) is 73.1 Å². The number of carbonyl (C=O) groups excluding carboxylic acids is 1. The number of nitrogens with one attached hydrogen (secondary N) is 2. The van der Waals surface area contributed by atoms with Gasteiger partial charge < -0.3 is 15.7 Å². The second-order valence-corrected chi connectivity index (χ2v) is 5.87. The maximum absolute atomic E-state index is 12.6. The van der Waals surface area contributed by atoms with Crippen LogP contribution in [-0.4, -0.2) is 16.0 Å². The molecule has 3 rings (SSSR count). The van der Waals surface area contributed by atoms with Crippen molar-refractivity contribution >= 4 is 11.6 Å². The highest BCUT2D eigenvalue weighted by Gasteiger charge is 2.11. The fraction of sp³-hybridized carbons (Fsp3) is 0.143. The van der Waals surface area contributed by atoms with Gasteiger partial charge in [0.25, 0.3) is 5.91 Å². The van der Waals surface area contributed by atoms with E-state index in [4.69, 9.17) is 0 Å². The third-order valence-corrected chi connectivity index (χ3v) is 4.11. The molecule has 0 unspecified atom stereocenters. The highest BCUT2D eigenvalue weighted by molar-refractivity contribution is 5.99. The summed E-state index contributed by atoms with van der Waals surface area (Å²) in [4.78, 5) is 16.7. The largest absolute Gasteiger partial charge is 0.392 e. The van der Waals surface area contributed by atoms with E-state index in [1.165, 1.54) is 0 Å². The van der Waals surface area contributed by atoms with Crippen LogP contribution in [0.1, 0.15) is 27.0 Å². The zero-order valence-corrected chi connectivity index (χ0v) is 14.4. The second-order valence-electron chi connectivity index (χ2n) is 5.87. The average molecular weight is 347 g/mol. The van der Waals surface area contributed by atoms with E-state index in [0.717, 1.165) is 22.4 Å². The summed E-state index contributed by atoms with van der Waals surface area (Å²) in [6.45, 7) is 0.910. The summed E-state index contributed by atoms with van der Waals surface area (Å²) in [6, 6.07) is 18.8. The number of hydrogen-bond acceptors (Lipinski definition) is 4. The van der Waals surface area contributed by atoms with Gasteiger partial charge in [-0.1, -0.05) is 42.5 Å². The molecule has 132 valence electrons. The molecule has 5 nitrogen and oxygen atoms in total. The van der Waals surface area contributed by atoms with Crippen LogP contribution in [0.4, 0.5) is 5.69 Å². The van der Waals surface area contributed by atoms with E-state index in [9.17, 15) is 9.90 Å². The fourth-order valence-corrected chi connectivity index (χ4v) is 2.69. The number of aromatic nitrogens is 1. The lowest BCUT2D eigenvalue weighted by molar-refractivity contribution is 0.0951. The molecule has 26 heavy (non-hydrogen) atoms. The topological polar surface area (TPSA) is 74.2 Å². The first-order valence-corrected chi connectivity index (χ1v) is 8.45. The van der Waals surface area contributed by atoms with Gasteiger partial charge in [-0.25, -0.2) is 0 Å². The van der Waals surface area contributed by atoms with Crippen LogP contribution in [0, 0.1) is 0 Å². The van der Waals surface area contributed by atoms with Gasteiger partial charge in [-0.15, -0.1) is 0 Å². The van der Waals surface area contributed by atoms with E-state index in [-0.39, 0.29) is 12.5 Å². The Balaban J connectivity index is 1.67. The maximum Gasteiger partial charge on any atom is 0.253 e. The Bertz CT molecular complexity index is 866. The molecule has 0 radical (unpaired) electrons. The van der Waals surface area contributed by atoms with Crippen molar-refractivity contribution < 1.29 is 9.90 Å². The van der Waals surface area contributed by atoms with E-state index < -0.39 is 0 Å². The van der Waals surface area contributed by atoms with E-state index in [2.05, 4.69) is 15.6 Å². The summed E-state index contributed by atoms with van der Waals surface area (Å²) < 4.78 is 0. The third kappa shape index (κ3) is 4.46. The predicted molar refractivity (Wildman–Crippen MR) is 102 cm³/mol. The monoisotopic (exact) mass is 347 g/mol. The van der Waals surface area contributed by atoms with Crippen molar-refractivity contribution in [2.24, 2.45) is 0 Å². The minimum atomic E-state index is -0.160. The van der Waals surface area contributed by atoms with Crippen molar-refractivity contribution in [1.82, 2.24) is 10.3 Å². The molecule has 0 saturated heterocycles. The van der Waals surface area contributed by atoms with Gasteiger partial charge in [0, 0.05) is 31.2 Å². The number of amides is 1. The molecule has 1 aromatic heterocycles. The van der Waals surface area contributed by atoms with Crippen LogP contribution in [0.3, 0.4) is 0 Å². The van der Waals surface area contributed by atoms with Gasteiger partial charge in [0.05, 0.1) is 12.2 Å². The molecule has 2 aromatic carbocycles. The van der Waals surface area contributed by atoms with Crippen LogP contribution in [-0.2, 0) is 19.7 Å². The Hall–Kier alpha value is -3.18. The standard InChI is InChI=1S/C21H21N3O2/c25-15-18-8-2-1-7-17(18)14-24-21(26)19-9-3-4-10-20(19)23-13-16-6-5-11-22-12-16/h1-12,23,25H,13-15H2,(H,24,26). The normalized spacial score (nSPS) is 10.3. The molecular formula is C21H21N3O2. The van der Waals surface area contributed by atoms with Crippen LogP contribution >= 0.6 is 0 Å². The lowest BCUT2D eigenvalue weighted by atomic mass is 10.1. The number of pyridine rings is 1. The summed E-state index contributed by atoms with van der Waals surface area (Å²) in [5.74, 6) is -0.160. The van der Waals surface area contributed by atoms with Gasteiger partial charge in [0.15, 0.2) is 0 Å². The van der Waals surface area contributed by atoms with Gasteiger partial charge >= 0.3 is 0 Å². The molecule has 1 heterocycles. The van der Waals surface area contributed by atoms with Gasteiger partial charge in [-0.2, -0.15) is 0 Å². The van der Waals surface area contributed by atoms with E-state index in [1.54, 1.807) is 18.5 Å². The molecule has 1 amide bonds. The number of hydrogen-bond donors (Lipinski definition) is 3. The minimum absolute atomic E-state index is 0.0463. The molecule has 0 fully saturated rings. The minimum Gasteiger partial charge on any atom is -0.392 e. The Labute approximate surface area is 152 Å². The molecule has 0 aliphatic carbocycles. The van der Waals surface area contributed by atoms with Crippen molar-refractivity contribution in [2.45, 2.75) is 19.7 Å². The Morgan fingerprint density at radius 1 is 0.923 bits per heavy atom. The molecule has 0 saturated carbocycles. The predicted octanol–water partition coefficient (Wildman–Crippen LogP) is 3.12. The number of aliphatic hydroxyl groups excluding tert-OH is 1. The summed E-state index contributed by atoms with van der Waals surface area (Å²) in [6.07, 6.45) is 3.52. The Kier molecular flexibility index (Phi) is 5.96. The van der Waals surface area contributed by atoms with E-state index in [1.807, 2.05) is 54.6 Å². The van der Waals surface area contributed by atoms with Gasteiger partial charge in [0.1, 0.15) is 0 Å². The third-order valence-electron chi connectivity index (χ3n) is 4.11. The first-order valence-electron chi connectivity index (χ1n) is 8.45. The smallest absolute Gasteiger partial charge is 0.253 e. The van der Waals surface area contributed by atoms with Gasteiger partial charge in [-0.05, 0) is 34.9 Å². The lowest BCUT2D eigenvalue weighted by Crippen LogP contribution is -2.24. The number of aliphatic hydroxyl groups is 1. The zero-order chi connectivity index (χ0) is 18.2. The number of benzene rings is 2. The van der Waals surface area contributed by atoms with Crippen molar-refractivity contribution in [2.75, 3.05) is 5.32 Å². The first-order chi connectivity index (χ1) is 12.8. The van der Waals surface area contributed by atoms with Crippen molar-refractivity contribution in [3.8, 4) is 0 Å². The van der Waals surface area contributed by atoms with Gasteiger partial charge in [0.2, 0.25) is 0 Å². The molecule has 0 aliphatic heterocycles. The summed E-state index contributed by atoms with van der Waals surface area (Å²) in [5, 5.41) is 15.6. The van der Waals surface area contributed by atoms with Crippen LogP contribution in [0.2, 0.25) is 0 Å². The molecule has 0 bridgehead atoms. The van der Waals surface area contributed by atoms with Crippen LogP contribution in [0.5, 0.6) is 0 Å². The van der Waals surface area contributed by atoms with Crippen molar-refractivity contribution in [3.63, 3.8) is 0 Å². The van der Waals surface area contributed by atoms with Crippen molar-refractivity contribution in [1.29, 1.82) is 0 Å². The maximum atomic E-state index is 12.6. The molecule has 3 aromatic rings. The van der Waals surface area contributed by atoms with E-state index in [0.29, 0.717) is 18.7 Å². The zero-order valence-electron chi connectivity index (χ0n) is 14.4. The molecule has 3 N–H and O–H groups in total. The van der Waals surface area contributed by atoms with Crippen LogP contribution in [0.25, 0.3) is 0 Å². The molecular weight excluding hydrogens is 326 g/mol. The molecule has 5 heteroatoms. The van der Waals surface area contributed by atoms with Crippen LogP contribution < -0.4 is 10.6 Å². The number of nitrogens with zero attached hydrogens (tertiary/aromatic N) is 1. The summed E-state index contributed by atoms with van der Waals surface area (Å²) >= 11 is 0. The van der Waals surface area contributed by atoms with Gasteiger partial charge in [-0.3, -0.25) is 9.78 Å². The molecule has 0 atom stereocenters. The van der Waals surface area contributed by atoms with Crippen molar-refractivity contribution in [3.05, 3.63) is 95.3 Å². The molecule has 0 aliphatic rings. The number of anilines is 1. The Morgan fingerprint density at radius 3 is 2.46 bits per heavy atom. The summed E-state index contributed by atoms with van der Waals surface area (Å²) in [7, 11) is 0. The number of para-hydroxylation sites is 1. The highest BCUT2D eigenvalue weighted by atomic mass is 16.3. The second kappa shape index (κ2) is 8.78. The SMILES string of the molecule is O=C(NCc1ccccc1CO)c1ccccc1NCc1cccnc1. The number of carbonyl (C=O) groups is 1. The lowest BCUT2D eigenvalue weighted by Gasteiger charge is -2.13. The van der Waals surface area contributed by atoms with E-state index >= 15 is 0 Å². The average Bonchev–Trinajstić information content (AvgIpc) is 2.71.